The van der Waals surface area contributed by atoms with E-state index < -0.39 is 0 Å². The number of anilines is 1. The summed E-state index contributed by atoms with van der Waals surface area (Å²) in [7, 11) is 0. The normalized spacial score (nSPS) is 10.8. The van der Waals surface area contributed by atoms with Crippen LogP contribution in [-0.2, 0) is 0 Å². The zero-order valence-electron chi connectivity index (χ0n) is 10.4. The van der Waals surface area contributed by atoms with E-state index in [1.54, 1.807) is 12.5 Å². The molecule has 0 saturated heterocycles. The number of nitrogens with one attached hydrogen (secondary N) is 1. The van der Waals surface area contributed by atoms with Gasteiger partial charge in [-0.3, -0.25) is 0 Å². The molecule has 0 amide bonds. The lowest BCUT2D eigenvalue weighted by Gasteiger charge is -2.09. The monoisotopic (exact) mass is 231 g/mol. The molecule has 0 saturated carbocycles. The van der Waals surface area contributed by atoms with E-state index in [4.69, 9.17) is 4.42 Å². The van der Waals surface area contributed by atoms with E-state index in [0.29, 0.717) is 5.92 Å². The topological polar surface area (TPSA) is 51.0 Å². The molecule has 0 radical (unpaired) electrons. The van der Waals surface area contributed by atoms with Gasteiger partial charge in [0.05, 0.1) is 18.2 Å². The molecule has 0 aliphatic heterocycles. The van der Waals surface area contributed by atoms with Crippen molar-refractivity contribution in [3.8, 4) is 11.3 Å². The second kappa shape index (κ2) is 4.99. The summed E-state index contributed by atoms with van der Waals surface area (Å²) in [6.45, 7) is 7.07. The Bertz CT molecular complexity index is 477. The minimum atomic E-state index is 0.305. The fourth-order valence-corrected chi connectivity index (χ4v) is 1.55. The molecule has 2 aromatic rings. The molecule has 90 valence electrons. The molecule has 0 aliphatic carbocycles. The number of aromatic nitrogens is 2. The minimum Gasteiger partial charge on any atom is -0.472 e. The van der Waals surface area contributed by atoms with E-state index in [-0.39, 0.29) is 0 Å². The van der Waals surface area contributed by atoms with Crippen LogP contribution in [0.1, 0.15) is 32.5 Å². The highest BCUT2D eigenvalue weighted by Gasteiger charge is 2.09. The molecule has 0 spiro atoms. The highest BCUT2D eigenvalue weighted by Crippen LogP contribution is 2.22. The van der Waals surface area contributed by atoms with E-state index in [0.717, 1.165) is 29.4 Å². The Hall–Kier alpha value is -1.84. The van der Waals surface area contributed by atoms with Crippen molar-refractivity contribution in [2.45, 2.75) is 26.7 Å². The van der Waals surface area contributed by atoms with Crippen LogP contribution in [-0.4, -0.2) is 16.5 Å². The summed E-state index contributed by atoms with van der Waals surface area (Å²) in [6, 6.07) is 3.85. The Balaban J connectivity index is 2.44. The van der Waals surface area contributed by atoms with Crippen molar-refractivity contribution in [1.82, 2.24) is 9.97 Å². The van der Waals surface area contributed by atoms with E-state index >= 15 is 0 Å². The third kappa shape index (κ3) is 2.64. The SMILES string of the molecule is CCNc1cc(-c2ccoc2)nc(C(C)C)n1. The summed E-state index contributed by atoms with van der Waals surface area (Å²) in [4.78, 5) is 9.03. The molecule has 0 atom stereocenters. The summed E-state index contributed by atoms with van der Waals surface area (Å²) < 4.78 is 5.09. The van der Waals surface area contributed by atoms with Gasteiger partial charge in [0.25, 0.3) is 0 Å². The maximum Gasteiger partial charge on any atom is 0.133 e. The highest BCUT2D eigenvalue weighted by molar-refractivity contribution is 5.61. The average molecular weight is 231 g/mol. The van der Waals surface area contributed by atoms with Gasteiger partial charge in [0.1, 0.15) is 11.6 Å². The average Bonchev–Trinajstić information content (AvgIpc) is 2.82. The van der Waals surface area contributed by atoms with Gasteiger partial charge in [0, 0.05) is 24.1 Å². The van der Waals surface area contributed by atoms with Gasteiger partial charge in [0.2, 0.25) is 0 Å². The van der Waals surface area contributed by atoms with Crippen LogP contribution in [0.4, 0.5) is 5.82 Å². The predicted molar refractivity (Wildman–Crippen MR) is 68.0 cm³/mol. The first-order valence-electron chi connectivity index (χ1n) is 5.86. The summed E-state index contributed by atoms with van der Waals surface area (Å²) in [5.41, 5.74) is 1.88. The maximum atomic E-state index is 5.09. The van der Waals surface area contributed by atoms with E-state index in [9.17, 15) is 0 Å². The molecule has 17 heavy (non-hydrogen) atoms. The van der Waals surface area contributed by atoms with Gasteiger partial charge >= 0.3 is 0 Å². The van der Waals surface area contributed by atoms with E-state index in [1.165, 1.54) is 0 Å². The van der Waals surface area contributed by atoms with Gasteiger partial charge < -0.3 is 9.73 Å². The molecular formula is C13H17N3O. The first-order valence-corrected chi connectivity index (χ1v) is 5.86. The van der Waals surface area contributed by atoms with Crippen molar-refractivity contribution in [1.29, 1.82) is 0 Å². The zero-order valence-corrected chi connectivity index (χ0v) is 10.4. The second-order valence-electron chi connectivity index (χ2n) is 4.19. The molecule has 0 bridgehead atoms. The fraction of sp³-hybridized carbons (Fsp3) is 0.385. The third-order valence-electron chi connectivity index (χ3n) is 2.43. The third-order valence-corrected chi connectivity index (χ3v) is 2.43. The van der Waals surface area contributed by atoms with Crippen molar-refractivity contribution < 1.29 is 4.42 Å². The highest BCUT2D eigenvalue weighted by atomic mass is 16.3. The molecule has 1 N–H and O–H groups in total. The van der Waals surface area contributed by atoms with Crippen molar-refractivity contribution in [2.75, 3.05) is 11.9 Å². The number of furan rings is 1. The number of hydrogen-bond donors (Lipinski definition) is 1. The molecular weight excluding hydrogens is 214 g/mol. The quantitative estimate of drug-likeness (QED) is 0.877. The van der Waals surface area contributed by atoms with Gasteiger partial charge in [-0.25, -0.2) is 9.97 Å². The lowest BCUT2D eigenvalue weighted by atomic mass is 10.2. The van der Waals surface area contributed by atoms with Crippen molar-refractivity contribution in [2.24, 2.45) is 0 Å². The van der Waals surface area contributed by atoms with Crippen molar-refractivity contribution in [3.63, 3.8) is 0 Å². The number of rotatable bonds is 4. The maximum absolute atomic E-state index is 5.09. The molecule has 0 fully saturated rings. The smallest absolute Gasteiger partial charge is 0.133 e. The van der Waals surface area contributed by atoms with Crippen molar-refractivity contribution >= 4 is 5.82 Å². The van der Waals surface area contributed by atoms with Gasteiger partial charge in [-0.05, 0) is 13.0 Å². The first kappa shape index (κ1) is 11.6. The van der Waals surface area contributed by atoms with Crippen LogP contribution < -0.4 is 5.32 Å². The van der Waals surface area contributed by atoms with Crippen molar-refractivity contribution in [3.05, 3.63) is 30.5 Å². The van der Waals surface area contributed by atoms with Gasteiger partial charge in [0.15, 0.2) is 0 Å². The van der Waals surface area contributed by atoms with Gasteiger partial charge in [-0.1, -0.05) is 13.8 Å². The summed E-state index contributed by atoms with van der Waals surface area (Å²) >= 11 is 0. The Morgan fingerprint density at radius 1 is 1.35 bits per heavy atom. The fourth-order valence-electron chi connectivity index (χ4n) is 1.55. The van der Waals surface area contributed by atoms with Crippen LogP contribution >= 0.6 is 0 Å². The summed E-state index contributed by atoms with van der Waals surface area (Å²) in [5.74, 6) is 2.02. The number of hydrogen-bond acceptors (Lipinski definition) is 4. The lowest BCUT2D eigenvalue weighted by Crippen LogP contribution is -2.05. The van der Waals surface area contributed by atoms with Gasteiger partial charge in [-0.2, -0.15) is 0 Å². The molecule has 0 aliphatic rings. The van der Waals surface area contributed by atoms with Crippen LogP contribution in [0.25, 0.3) is 11.3 Å². The molecule has 4 heteroatoms. The second-order valence-corrected chi connectivity index (χ2v) is 4.19. The minimum absolute atomic E-state index is 0.305. The van der Waals surface area contributed by atoms with E-state index in [1.807, 2.05) is 12.1 Å². The van der Waals surface area contributed by atoms with E-state index in [2.05, 4.69) is 36.1 Å². The Morgan fingerprint density at radius 3 is 2.76 bits per heavy atom. The van der Waals surface area contributed by atoms with Crippen LogP contribution in [0.5, 0.6) is 0 Å². The lowest BCUT2D eigenvalue weighted by molar-refractivity contribution is 0.568. The summed E-state index contributed by atoms with van der Waals surface area (Å²) in [5, 5.41) is 3.22. The molecule has 4 nitrogen and oxygen atoms in total. The standard InChI is InChI=1S/C13H17N3O/c1-4-14-12-7-11(10-5-6-17-8-10)15-13(16-12)9(2)3/h5-9H,4H2,1-3H3,(H,14,15,16). The first-order chi connectivity index (χ1) is 8.20. The summed E-state index contributed by atoms with van der Waals surface area (Å²) in [6.07, 6.45) is 3.35. The molecule has 0 aromatic carbocycles. The Kier molecular flexibility index (Phi) is 3.42. The van der Waals surface area contributed by atoms with Crippen LogP contribution in [0.2, 0.25) is 0 Å². The Morgan fingerprint density at radius 2 is 2.18 bits per heavy atom. The molecule has 2 heterocycles. The molecule has 0 unspecified atom stereocenters. The predicted octanol–water partition coefficient (Wildman–Crippen LogP) is 3.29. The van der Waals surface area contributed by atoms with Crippen LogP contribution in [0.15, 0.2) is 29.1 Å². The zero-order chi connectivity index (χ0) is 12.3. The Labute approximate surface area is 101 Å². The van der Waals surface area contributed by atoms with Gasteiger partial charge in [-0.15, -0.1) is 0 Å². The molecule has 2 rings (SSSR count). The van der Waals surface area contributed by atoms with Crippen LogP contribution in [0, 0.1) is 0 Å². The van der Waals surface area contributed by atoms with Crippen LogP contribution in [0.3, 0.4) is 0 Å². The number of nitrogens with zero attached hydrogens (tertiary/aromatic N) is 2. The molecule has 2 aromatic heterocycles. The largest absolute Gasteiger partial charge is 0.472 e.